The lowest BCUT2D eigenvalue weighted by molar-refractivity contribution is -0.390. The van der Waals surface area contributed by atoms with E-state index in [0.717, 1.165) is 0 Å². The van der Waals surface area contributed by atoms with E-state index in [1.165, 1.54) is 23.0 Å². The monoisotopic (exact) mass is 360 g/mol. The van der Waals surface area contributed by atoms with Crippen LogP contribution in [0.25, 0.3) is 0 Å². The number of hydrogen-bond donors (Lipinski definition) is 0. The lowest BCUT2D eigenvalue weighted by atomic mass is 10.2. The Morgan fingerprint density at radius 3 is 2.55 bits per heavy atom. The van der Waals surface area contributed by atoms with Gasteiger partial charge < -0.3 is 10.1 Å². The average molecular weight is 362 g/mol. The third-order valence-corrected chi connectivity index (χ3v) is 3.30. The molecule has 2 aromatic rings. The molecule has 0 atom stereocenters. The van der Waals surface area contributed by atoms with Gasteiger partial charge in [0.05, 0.1) is 22.8 Å². The summed E-state index contributed by atoms with van der Waals surface area (Å²) in [7, 11) is 0. The van der Waals surface area contributed by atoms with Crippen LogP contribution in [0.1, 0.15) is 5.56 Å². The Bertz CT molecular complexity index is 703. The summed E-state index contributed by atoms with van der Waals surface area (Å²) in [6, 6.07) is 4.31. The molecule has 1 heterocycles. The first-order valence-electron chi connectivity index (χ1n) is 5.18. The number of hydrogen-bond acceptors (Lipinski definition) is 5. The molecule has 1 aromatic heterocycles. The highest BCUT2D eigenvalue weighted by Gasteiger charge is 2.19. The summed E-state index contributed by atoms with van der Waals surface area (Å²) in [5.74, 6) is -0.312. The molecule has 0 radical (unpaired) electrons. The summed E-state index contributed by atoms with van der Waals surface area (Å²) >= 11 is 8.73. The molecule has 20 heavy (non-hydrogen) atoms. The lowest BCUT2D eigenvalue weighted by Crippen LogP contribution is -2.02. The largest absolute Gasteiger partial charge is 0.404 e. The van der Waals surface area contributed by atoms with E-state index in [-0.39, 0.29) is 27.5 Å². The zero-order valence-corrected chi connectivity index (χ0v) is 12.0. The second-order valence-corrected chi connectivity index (χ2v) is 5.06. The van der Waals surface area contributed by atoms with E-state index in [0.29, 0.717) is 5.56 Å². The van der Waals surface area contributed by atoms with Crippen molar-refractivity contribution in [2.24, 2.45) is 0 Å². The van der Waals surface area contributed by atoms with Gasteiger partial charge in [-0.3, -0.25) is 10.1 Å². The van der Waals surface area contributed by atoms with Gasteiger partial charge in [-0.05, 0) is 32.5 Å². The number of benzene rings is 1. The molecule has 0 N–H and O–H groups in total. The van der Waals surface area contributed by atoms with Gasteiger partial charge in [0.15, 0.2) is 0 Å². The summed E-state index contributed by atoms with van der Waals surface area (Å²) in [5, 5.41) is 25.2. The molecule has 0 spiro atoms. The number of nitro groups is 2. The van der Waals surface area contributed by atoms with Crippen molar-refractivity contribution in [1.82, 2.24) is 9.78 Å². The fraction of sp³-hybridized carbons (Fsp3) is 0.100. The molecule has 0 aliphatic rings. The Balaban J connectivity index is 2.31. The Morgan fingerprint density at radius 2 is 2.00 bits per heavy atom. The number of rotatable bonds is 4. The summed E-state index contributed by atoms with van der Waals surface area (Å²) in [4.78, 5) is 20.2. The lowest BCUT2D eigenvalue weighted by Gasteiger charge is -2.00. The zero-order chi connectivity index (χ0) is 14.9. The van der Waals surface area contributed by atoms with Crippen LogP contribution >= 0.6 is 27.5 Å². The molecule has 2 rings (SSSR count). The first-order valence-corrected chi connectivity index (χ1v) is 6.35. The van der Waals surface area contributed by atoms with Gasteiger partial charge in [-0.25, -0.2) is 0 Å². The van der Waals surface area contributed by atoms with Gasteiger partial charge >= 0.3 is 5.82 Å². The minimum Gasteiger partial charge on any atom is -0.358 e. The van der Waals surface area contributed by atoms with Gasteiger partial charge in [0, 0.05) is 6.07 Å². The Labute approximate surface area is 125 Å². The van der Waals surface area contributed by atoms with Crippen molar-refractivity contribution in [2.45, 2.75) is 6.54 Å². The van der Waals surface area contributed by atoms with Gasteiger partial charge in [-0.1, -0.05) is 17.7 Å². The summed E-state index contributed by atoms with van der Waals surface area (Å²) in [6.45, 7) is 0.157. The molecule has 1 aromatic carbocycles. The van der Waals surface area contributed by atoms with Gasteiger partial charge in [0.2, 0.25) is 0 Å². The van der Waals surface area contributed by atoms with Crippen LogP contribution in [0.4, 0.5) is 11.5 Å². The number of nitro benzene ring substituents is 1. The van der Waals surface area contributed by atoms with Crippen LogP contribution < -0.4 is 0 Å². The van der Waals surface area contributed by atoms with Crippen molar-refractivity contribution in [3.05, 3.63) is 59.7 Å². The van der Waals surface area contributed by atoms with E-state index in [2.05, 4.69) is 21.0 Å². The molecule has 0 fully saturated rings. The van der Waals surface area contributed by atoms with E-state index >= 15 is 0 Å². The van der Waals surface area contributed by atoms with Crippen molar-refractivity contribution in [1.29, 1.82) is 0 Å². The number of halogens is 2. The third-order valence-electron chi connectivity index (χ3n) is 2.42. The second-order valence-electron chi connectivity index (χ2n) is 3.80. The first-order chi connectivity index (χ1) is 9.38. The van der Waals surface area contributed by atoms with Crippen LogP contribution in [0.3, 0.4) is 0 Å². The van der Waals surface area contributed by atoms with E-state index in [1.807, 2.05) is 0 Å². The number of aromatic nitrogens is 2. The topological polar surface area (TPSA) is 104 Å². The van der Waals surface area contributed by atoms with Crippen molar-refractivity contribution < 1.29 is 9.85 Å². The van der Waals surface area contributed by atoms with E-state index in [9.17, 15) is 20.2 Å². The molecule has 0 aliphatic carbocycles. The average Bonchev–Trinajstić information content (AvgIpc) is 2.72. The SMILES string of the molecule is O=[N+]([O-])c1cc(Cn2cc(Br)c([N+](=O)[O-])n2)ccc1Cl. The Morgan fingerprint density at radius 1 is 1.30 bits per heavy atom. The maximum atomic E-state index is 10.8. The molecule has 10 heteroatoms. The summed E-state index contributed by atoms with van der Waals surface area (Å²) < 4.78 is 1.56. The first kappa shape index (κ1) is 14.4. The minimum atomic E-state index is -0.620. The molecule has 0 saturated carbocycles. The van der Waals surface area contributed by atoms with Crippen LogP contribution in [0.15, 0.2) is 28.9 Å². The van der Waals surface area contributed by atoms with Crippen LogP contribution in [-0.2, 0) is 6.54 Å². The van der Waals surface area contributed by atoms with E-state index < -0.39 is 9.85 Å². The molecule has 0 aliphatic heterocycles. The van der Waals surface area contributed by atoms with Gasteiger partial charge in [0.25, 0.3) is 5.69 Å². The smallest absolute Gasteiger partial charge is 0.358 e. The Kier molecular flexibility index (Phi) is 4.00. The third kappa shape index (κ3) is 2.94. The maximum absolute atomic E-state index is 10.8. The molecule has 8 nitrogen and oxygen atoms in total. The van der Waals surface area contributed by atoms with Gasteiger partial charge in [-0.15, -0.1) is 0 Å². The quantitative estimate of drug-likeness (QED) is 0.614. The Hall–Kier alpha value is -2.00. The van der Waals surface area contributed by atoms with Crippen LogP contribution in [0.2, 0.25) is 5.02 Å². The van der Waals surface area contributed by atoms with Crippen molar-refractivity contribution >= 4 is 39.0 Å². The normalized spacial score (nSPS) is 10.5. The van der Waals surface area contributed by atoms with E-state index in [4.69, 9.17) is 11.6 Å². The predicted molar refractivity (Wildman–Crippen MR) is 73.8 cm³/mol. The van der Waals surface area contributed by atoms with Gasteiger partial charge in [0.1, 0.15) is 9.50 Å². The second kappa shape index (κ2) is 5.55. The molecule has 0 amide bonds. The zero-order valence-electron chi connectivity index (χ0n) is 9.69. The standard InChI is InChI=1S/C10H6BrClN4O4/c11-7-5-14(13-10(7)16(19)20)4-6-1-2-8(12)9(3-6)15(17)18/h1-3,5H,4H2. The molecule has 0 bridgehead atoms. The fourth-order valence-electron chi connectivity index (χ4n) is 1.58. The molecular formula is C10H6BrClN4O4. The van der Waals surface area contributed by atoms with Gasteiger partial charge in [-0.2, -0.15) is 4.68 Å². The highest BCUT2D eigenvalue weighted by molar-refractivity contribution is 9.10. The molecule has 0 unspecified atom stereocenters. The van der Waals surface area contributed by atoms with Crippen molar-refractivity contribution in [2.75, 3.05) is 0 Å². The van der Waals surface area contributed by atoms with Crippen LogP contribution in [0, 0.1) is 20.2 Å². The van der Waals surface area contributed by atoms with Crippen molar-refractivity contribution in [3.63, 3.8) is 0 Å². The highest BCUT2D eigenvalue weighted by Crippen LogP contribution is 2.26. The number of nitrogens with zero attached hydrogens (tertiary/aromatic N) is 4. The van der Waals surface area contributed by atoms with Crippen LogP contribution in [-0.4, -0.2) is 19.6 Å². The molecule has 0 saturated heterocycles. The predicted octanol–water partition coefficient (Wildman–Crippen LogP) is 3.16. The maximum Gasteiger partial charge on any atom is 0.404 e. The van der Waals surface area contributed by atoms with E-state index in [1.54, 1.807) is 6.07 Å². The molecular weight excluding hydrogens is 355 g/mol. The summed E-state index contributed by atoms with van der Waals surface area (Å²) in [5.41, 5.74) is 0.343. The fourth-order valence-corrected chi connectivity index (χ4v) is 2.22. The summed E-state index contributed by atoms with van der Waals surface area (Å²) in [6.07, 6.45) is 1.43. The van der Waals surface area contributed by atoms with Crippen molar-refractivity contribution in [3.8, 4) is 0 Å². The minimum absolute atomic E-state index is 0.0337. The molecule has 104 valence electrons. The van der Waals surface area contributed by atoms with Crippen LogP contribution in [0.5, 0.6) is 0 Å². The highest BCUT2D eigenvalue weighted by atomic mass is 79.9.